The van der Waals surface area contributed by atoms with Crippen LogP contribution < -0.4 is 5.32 Å². The number of nitrogens with one attached hydrogen (secondary N) is 1. The molecule has 1 fully saturated rings. The zero-order chi connectivity index (χ0) is 11.7. The summed E-state index contributed by atoms with van der Waals surface area (Å²) in [4.78, 5) is 13.4. The maximum absolute atomic E-state index is 11.5. The lowest BCUT2D eigenvalue weighted by atomic mass is 9.98. The summed E-state index contributed by atoms with van der Waals surface area (Å²) in [5, 5.41) is 2.88. The largest absolute Gasteiger partial charge is 0.341 e. The van der Waals surface area contributed by atoms with Crippen LogP contribution in [0.3, 0.4) is 0 Å². The molecule has 1 unspecified atom stereocenters. The third-order valence-corrected chi connectivity index (χ3v) is 2.47. The molecule has 0 aromatic carbocycles. The van der Waals surface area contributed by atoms with Crippen molar-refractivity contribution in [2.75, 3.05) is 26.7 Å². The van der Waals surface area contributed by atoms with Crippen molar-refractivity contribution in [1.29, 1.82) is 0 Å². The summed E-state index contributed by atoms with van der Waals surface area (Å²) in [7, 11) is 1.80. The monoisotopic (exact) mass is 212 g/mol. The standard InChI is InChI=1S/C10H18N2O.C2H6/c1-3-9-5-4-6-12(8-9)10(13)7-11-2;1-2/h3,9,11H,1,4-8H2,2H3;1-2H3. The molecule has 3 heteroatoms. The quantitative estimate of drug-likeness (QED) is 0.722. The fourth-order valence-electron chi connectivity index (χ4n) is 1.69. The molecule has 0 aromatic heterocycles. The Labute approximate surface area is 93.5 Å². The molecule has 0 aliphatic carbocycles. The van der Waals surface area contributed by atoms with Crippen molar-refractivity contribution >= 4 is 5.91 Å². The van der Waals surface area contributed by atoms with Crippen molar-refractivity contribution in [2.24, 2.45) is 5.92 Å². The van der Waals surface area contributed by atoms with Crippen molar-refractivity contribution < 1.29 is 4.79 Å². The van der Waals surface area contributed by atoms with E-state index in [4.69, 9.17) is 0 Å². The fourth-order valence-corrected chi connectivity index (χ4v) is 1.69. The van der Waals surface area contributed by atoms with E-state index < -0.39 is 0 Å². The van der Waals surface area contributed by atoms with Crippen LogP contribution in [-0.2, 0) is 4.79 Å². The maximum atomic E-state index is 11.5. The van der Waals surface area contributed by atoms with E-state index in [1.807, 2.05) is 24.8 Å². The molecule has 1 heterocycles. The second-order valence-corrected chi connectivity index (χ2v) is 3.51. The lowest BCUT2D eigenvalue weighted by Crippen LogP contribution is -2.43. The number of piperidine rings is 1. The summed E-state index contributed by atoms with van der Waals surface area (Å²) in [6.07, 6.45) is 4.23. The first-order valence-corrected chi connectivity index (χ1v) is 5.83. The zero-order valence-corrected chi connectivity index (χ0v) is 10.3. The summed E-state index contributed by atoms with van der Waals surface area (Å²) in [5.74, 6) is 0.698. The predicted octanol–water partition coefficient (Wildman–Crippen LogP) is 1.66. The van der Waals surface area contributed by atoms with Gasteiger partial charge in [0.05, 0.1) is 6.54 Å². The summed E-state index contributed by atoms with van der Waals surface area (Å²) < 4.78 is 0. The SMILES string of the molecule is C=CC1CCCN(C(=O)CNC)C1.CC. The molecule has 1 aliphatic heterocycles. The van der Waals surface area contributed by atoms with E-state index in [0.717, 1.165) is 19.5 Å². The highest BCUT2D eigenvalue weighted by Crippen LogP contribution is 2.16. The van der Waals surface area contributed by atoms with Gasteiger partial charge in [-0.1, -0.05) is 19.9 Å². The van der Waals surface area contributed by atoms with Crippen molar-refractivity contribution in [3.8, 4) is 0 Å². The highest BCUT2D eigenvalue weighted by atomic mass is 16.2. The molecule has 3 nitrogen and oxygen atoms in total. The number of carbonyl (C=O) groups excluding carboxylic acids is 1. The van der Waals surface area contributed by atoms with Crippen LogP contribution in [0.1, 0.15) is 26.7 Å². The Kier molecular flexibility index (Phi) is 8.01. The summed E-state index contributed by atoms with van der Waals surface area (Å²) in [6, 6.07) is 0. The van der Waals surface area contributed by atoms with E-state index in [-0.39, 0.29) is 5.91 Å². The van der Waals surface area contributed by atoms with Crippen molar-refractivity contribution in [1.82, 2.24) is 10.2 Å². The van der Waals surface area contributed by atoms with Crippen molar-refractivity contribution in [3.63, 3.8) is 0 Å². The van der Waals surface area contributed by atoms with Crippen LogP contribution in [0.2, 0.25) is 0 Å². The molecule has 1 rings (SSSR count). The molecule has 1 atom stereocenters. The van der Waals surface area contributed by atoms with Crippen LogP contribution in [-0.4, -0.2) is 37.5 Å². The first-order chi connectivity index (χ1) is 7.27. The smallest absolute Gasteiger partial charge is 0.236 e. The lowest BCUT2D eigenvalue weighted by molar-refractivity contribution is -0.131. The fraction of sp³-hybridized carbons (Fsp3) is 0.750. The number of rotatable bonds is 3. The Morgan fingerprint density at radius 2 is 2.27 bits per heavy atom. The lowest BCUT2D eigenvalue weighted by Gasteiger charge is -2.31. The van der Waals surface area contributed by atoms with Gasteiger partial charge < -0.3 is 10.2 Å². The number of amides is 1. The molecule has 0 saturated carbocycles. The van der Waals surface area contributed by atoms with Crippen LogP contribution in [0, 0.1) is 5.92 Å². The average molecular weight is 212 g/mol. The number of hydrogen-bond donors (Lipinski definition) is 1. The van der Waals surface area contributed by atoms with Gasteiger partial charge in [0.1, 0.15) is 0 Å². The van der Waals surface area contributed by atoms with Crippen LogP contribution in [0.4, 0.5) is 0 Å². The van der Waals surface area contributed by atoms with E-state index in [1.165, 1.54) is 6.42 Å². The van der Waals surface area contributed by atoms with Crippen LogP contribution in [0.15, 0.2) is 12.7 Å². The molecule has 0 radical (unpaired) electrons. The van der Waals surface area contributed by atoms with E-state index in [1.54, 1.807) is 7.05 Å². The number of hydrogen-bond acceptors (Lipinski definition) is 2. The average Bonchev–Trinajstić information content (AvgIpc) is 2.32. The second kappa shape index (κ2) is 8.48. The topological polar surface area (TPSA) is 32.3 Å². The van der Waals surface area contributed by atoms with Gasteiger partial charge in [-0.25, -0.2) is 0 Å². The Hall–Kier alpha value is -0.830. The minimum absolute atomic E-state index is 0.203. The molecule has 1 amide bonds. The van der Waals surface area contributed by atoms with Gasteiger partial charge in [-0.15, -0.1) is 6.58 Å². The number of carbonyl (C=O) groups is 1. The molecule has 0 spiro atoms. The van der Waals surface area contributed by atoms with Crippen LogP contribution >= 0.6 is 0 Å². The molecule has 15 heavy (non-hydrogen) atoms. The zero-order valence-electron chi connectivity index (χ0n) is 10.3. The number of likely N-dealkylation sites (tertiary alicyclic amines) is 1. The minimum atomic E-state index is 0.203. The Balaban J connectivity index is 0.000000921. The highest BCUT2D eigenvalue weighted by Gasteiger charge is 2.20. The van der Waals surface area contributed by atoms with Gasteiger partial charge in [-0.3, -0.25) is 4.79 Å². The Morgan fingerprint density at radius 1 is 1.60 bits per heavy atom. The normalized spacial score (nSPS) is 20.2. The Bertz CT molecular complexity index is 192. The minimum Gasteiger partial charge on any atom is -0.341 e. The molecular formula is C12H24N2O. The number of likely N-dealkylation sites (N-methyl/N-ethyl adjacent to an activating group) is 1. The van der Waals surface area contributed by atoms with E-state index >= 15 is 0 Å². The summed E-state index contributed by atoms with van der Waals surface area (Å²) in [5.41, 5.74) is 0. The molecule has 0 bridgehead atoms. The van der Waals surface area contributed by atoms with E-state index in [2.05, 4.69) is 11.9 Å². The molecule has 1 saturated heterocycles. The van der Waals surface area contributed by atoms with Gasteiger partial charge in [0.2, 0.25) is 5.91 Å². The maximum Gasteiger partial charge on any atom is 0.236 e. The molecule has 1 N–H and O–H groups in total. The molecule has 88 valence electrons. The summed E-state index contributed by atoms with van der Waals surface area (Å²) >= 11 is 0. The van der Waals surface area contributed by atoms with Crippen molar-refractivity contribution in [2.45, 2.75) is 26.7 Å². The van der Waals surface area contributed by atoms with Gasteiger partial charge in [0.15, 0.2) is 0 Å². The predicted molar refractivity (Wildman–Crippen MR) is 64.8 cm³/mol. The van der Waals surface area contributed by atoms with Crippen molar-refractivity contribution in [3.05, 3.63) is 12.7 Å². The molecule has 0 aromatic rings. The van der Waals surface area contributed by atoms with Crippen LogP contribution in [0.5, 0.6) is 0 Å². The van der Waals surface area contributed by atoms with E-state index in [9.17, 15) is 4.79 Å². The number of nitrogens with zero attached hydrogens (tertiary/aromatic N) is 1. The second-order valence-electron chi connectivity index (χ2n) is 3.51. The van der Waals surface area contributed by atoms with Crippen LogP contribution in [0.25, 0.3) is 0 Å². The first kappa shape index (κ1) is 14.2. The summed E-state index contributed by atoms with van der Waals surface area (Å²) in [6.45, 7) is 9.98. The third kappa shape index (κ3) is 4.98. The highest BCUT2D eigenvalue weighted by molar-refractivity contribution is 5.78. The first-order valence-electron chi connectivity index (χ1n) is 5.83. The van der Waals surface area contributed by atoms with Gasteiger partial charge in [-0.2, -0.15) is 0 Å². The van der Waals surface area contributed by atoms with Gasteiger partial charge in [-0.05, 0) is 25.8 Å². The van der Waals surface area contributed by atoms with E-state index in [0.29, 0.717) is 12.5 Å². The van der Waals surface area contributed by atoms with Gasteiger partial charge in [0.25, 0.3) is 0 Å². The third-order valence-electron chi connectivity index (χ3n) is 2.47. The van der Waals surface area contributed by atoms with Gasteiger partial charge in [0, 0.05) is 13.1 Å². The molecular weight excluding hydrogens is 188 g/mol. The Morgan fingerprint density at radius 3 is 2.80 bits per heavy atom. The van der Waals surface area contributed by atoms with Gasteiger partial charge >= 0.3 is 0 Å². The molecule has 1 aliphatic rings.